The maximum Gasteiger partial charge on any atom is 0.251 e. The van der Waals surface area contributed by atoms with Crippen LogP contribution in [0.2, 0.25) is 0 Å². The van der Waals surface area contributed by atoms with Gasteiger partial charge in [-0.2, -0.15) is 0 Å². The zero-order valence-electron chi connectivity index (χ0n) is 13.8. The second-order valence-corrected chi connectivity index (χ2v) is 7.20. The number of carbonyl (C=O) groups excluding carboxylic acids is 1. The first-order valence-electron chi connectivity index (χ1n) is 8.85. The quantitative estimate of drug-likeness (QED) is 0.911. The molecule has 24 heavy (non-hydrogen) atoms. The molecule has 2 aliphatic carbocycles. The van der Waals surface area contributed by atoms with Crippen molar-refractivity contribution in [3.8, 4) is 5.69 Å². The lowest BCUT2D eigenvalue weighted by Gasteiger charge is -2.45. The molecule has 2 saturated carbocycles. The molecule has 2 bridgehead atoms. The summed E-state index contributed by atoms with van der Waals surface area (Å²) in [6.45, 7) is 0. The lowest BCUT2D eigenvalue weighted by Crippen LogP contribution is -2.53. The van der Waals surface area contributed by atoms with Gasteiger partial charge >= 0.3 is 0 Å². The van der Waals surface area contributed by atoms with Crippen molar-refractivity contribution in [2.75, 3.05) is 0 Å². The minimum absolute atomic E-state index is 0.0320. The summed E-state index contributed by atoms with van der Waals surface area (Å²) in [5.41, 5.74) is 7.89. The van der Waals surface area contributed by atoms with Gasteiger partial charge in [0.2, 0.25) is 0 Å². The minimum atomic E-state index is 0.0320. The van der Waals surface area contributed by atoms with Crippen molar-refractivity contribution in [3.05, 3.63) is 48.5 Å². The largest absolute Gasteiger partial charge is 0.349 e. The maximum atomic E-state index is 12.7. The van der Waals surface area contributed by atoms with E-state index in [1.807, 2.05) is 35.0 Å². The Balaban J connectivity index is 1.46. The fourth-order valence-electron chi connectivity index (χ4n) is 4.46. The van der Waals surface area contributed by atoms with E-state index in [-0.39, 0.29) is 5.91 Å². The van der Waals surface area contributed by atoms with Crippen LogP contribution in [0.1, 0.15) is 42.5 Å². The molecule has 0 radical (unpaired) electrons. The highest BCUT2D eigenvalue weighted by Gasteiger charge is 2.39. The fraction of sp³-hybridized carbons (Fsp3) is 0.474. The van der Waals surface area contributed by atoms with Gasteiger partial charge in [-0.15, -0.1) is 0 Å². The molecular formula is C19H24N4O. The molecule has 5 nitrogen and oxygen atoms in total. The van der Waals surface area contributed by atoms with Crippen LogP contribution < -0.4 is 11.1 Å². The number of nitrogens with zero attached hydrogens (tertiary/aromatic N) is 2. The van der Waals surface area contributed by atoms with E-state index >= 15 is 0 Å². The van der Waals surface area contributed by atoms with E-state index in [1.54, 1.807) is 12.5 Å². The molecule has 2 aliphatic rings. The first kappa shape index (κ1) is 15.4. The number of imidazole rings is 1. The Morgan fingerprint density at radius 1 is 1.17 bits per heavy atom. The zero-order valence-corrected chi connectivity index (χ0v) is 13.8. The van der Waals surface area contributed by atoms with Gasteiger partial charge in [-0.3, -0.25) is 4.79 Å². The van der Waals surface area contributed by atoms with Gasteiger partial charge in [-0.1, -0.05) is 6.42 Å². The Morgan fingerprint density at radius 3 is 2.50 bits per heavy atom. The Hall–Kier alpha value is -2.14. The smallest absolute Gasteiger partial charge is 0.251 e. The van der Waals surface area contributed by atoms with Crippen LogP contribution in [0.4, 0.5) is 0 Å². The van der Waals surface area contributed by atoms with Crippen molar-refractivity contribution in [2.45, 2.75) is 44.2 Å². The van der Waals surface area contributed by atoms with E-state index in [2.05, 4.69) is 10.3 Å². The molecule has 4 rings (SSSR count). The van der Waals surface area contributed by atoms with E-state index < -0.39 is 0 Å². The maximum absolute atomic E-state index is 12.7. The predicted octanol–water partition coefficient (Wildman–Crippen LogP) is 2.51. The molecule has 0 aliphatic heterocycles. The number of benzene rings is 1. The zero-order chi connectivity index (χ0) is 16.5. The van der Waals surface area contributed by atoms with Crippen LogP contribution in [0.15, 0.2) is 43.0 Å². The highest BCUT2D eigenvalue weighted by atomic mass is 16.1. The third-order valence-electron chi connectivity index (χ3n) is 5.61. The molecule has 0 spiro atoms. The van der Waals surface area contributed by atoms with Crippen LogP contribution >= 0.6 is 0 Å². The van der Waals surface area contributed by atoms with E-state index in [9.17, 15) is 4.79 Å². The highest BCUT2D eigenvalue weighted by molar-refractivity contribution is 5.94. The van der Waals surface area contributed by atoms with Gasteiger partial charge in [0.1, 0.15) is 0 Å². The molecular weight excluding hydrogens is 300 g/mol. The van der Waals surface area contributed by atoms with E-state index in [0.29, 0.717) is 29.5 Å². The Bertz CT molecular complexity index is 681. The lowest BCUT2D eigenvalue weighted by atomic mass is 9.67. The third-order valence-corrected chi connectivity index (χ3v) is 5.61. The van der Waals surface area contributed by atoms with Gasteiger partial charge in [-0.25, -0.2) is 4.98 Å². The van der Waals surface area contributed by atoms with Crippen LogP contribution in [-0.2, 0) is 0 Å². The lowest BCUT2D eigenvalue weighted by molar-refractivity contribution is 0.0756. The third kappa shape index (κ3) is 2.96. The molecule has 1 aromatic heterocycles. The van der Waals surface area contributed by atoms with Crippen LogP contribution in [0.25, 0.3) is 5.69 Å². The first-order valence-corrected chi connectivity index (χ1v) is 8.85. The molecule has 3 N–H and O–H groups in total. The number of hydrogen-bond donors (Lipinski definition) is 2. The summed E-state index contributed by atoms with van der Waals surface area (Å²) in [7, 11) is 0. The molecule has 1 aromatic carbocycles. The molecule has 1 amide bonds. The molecule has 1 heterocycles. The van der Waals surface area contributed by atoms with Crippen LogP contribution in [-0.4, -0.2) is 27.5 Å². The Kier molecular flexibility index (Phi) is 4.10. The van der Waals surface area contributed by atoms with Crippen molar-refractivity contribution < 1.29 is 4.79 Å². The SMILES string of the molecule is NC1CC2CCCC(C1)C2NC(=O)c1ccc(-n2ccnc2)cc1. The number of fused-ring (bicyclic) bond motifs is 2. The monoisotopic (exact) mass is 324 g/mol. The number of rotatable bonds is 3. The average Bonchev–Trinajstić information content (AvgIpc) is 3.10. The summed E-state index contributed by atoms with van der Waals surface area (Å²) in [5.74, 6) is 1.12. The minimum Gasteiger partial charge on any atom is -0.349 e. The summed E-state index contributed by atoms with van der Waals surface area (Å²) >= 11 is 0. The number of carbonyl (C=O) groups is 1. The van der Waals surface area contributed by atoms with Crippen molar-refractivity contribution in [1.29, 1.82) is 0 Å². The van der Waals surface area contributed by atoms with Crippen molar-refractivity contribution in [2.24, 2.45) is 17.6 Å². The van der Waals surface area contributed by atoms with Crippen LogP contribution in [0, 0.1) is 11.8 Å². The second kappa shape index (κ2) is 6.40. The molecule has 5 heteroatoms. The summed E-state index contributed by atoms with van der Waals surface area (Å²) < 4.78 is 1.93. The van der Waals surface area contributed by atoms with Gasteiger partial charge in [0.25, 0.3) is 5.91 Å². The average molecular weight is 324 g/mol. The molecule has 2 atom stereocenters. The molecule has 2 unspecified atom stereocenters. The number of nitrogens with one attached hydrogen (secondary N) is 1. The van der Waals surface area contributed by atoms with E-state index in [4.69, 9.17) is 5.73 Å². The van der Waals surface area contributed by atoms with Crippen LogP contribution in [0.3, 0.4) is 0 Å². The van der Waals surface area contributed by atoms with Crippen molar-refractivity contribution >= 4 is 5.91 Å². The summed E-state index contributed by atoms with van der Waals surface area (Å²) in [4.78, 5) is 16.7. The standard InChI is InChI=1S/C19H24N4O/c20-16-10-14-2-1-3-15(11-16)18(14)22-19(24)13-4-6-17(7-5-13)23-9-8-21-12-23/h4-9,12,14-16,18H,1-3,10-11,20H2,(H,22,24). The molecule has 0 saturated heterocycles. The Morgan fingerprint density at radius 2 is 1.88 bits per heavy atom. The van der Waals surface area contributed by atoms with Gasteiger partial charge < -0.3 is 15.6 Å². The number of hydrogen-bond acceptors (Lipinski definition) is 3. The van der Waals surface area contributed by atoms with Gasteiger partial charge in [-0.05, 0) is 61.8 Å². The van der Waals surface area contributed by atoms with Crippen molar-refractivity contribution in [1.82, 2.24) is 14.9 Å². The topological polar surface area (TPSA) is 72.9 Å². The number of amides is 1. The van der Waals surface area contributed by atoms with Gasteiger partial charge in [0.05, 0.1) is 6.33 Å². The van der Waals surface area contributed by atoms with E-state index in [1.165, 1.54) is 19.3 Å². The summed E-state index contributed by atoms with van der Waals surface area (Å²) in [6, 6.07) is 8.27. The Labute approximate surface area is 142 Å². The summed E-state index contributed by atoms with van der Waals surface area (Å²) in [5, 5.41) is 3.30. The summed E-state index contributed by atoms with van der Waals surface area (Å²) in [6.07, 6.45) is 11.1. The fourth-order valence-corrected chi connectivity index (χ4v) is 4.46. The molecule has 2 fully saturated rings. The van der Waals surface area contributed by atoms with Crippen LogP contribution in [0.5, 0.6) is 0 Å². The van der Waals surface area contributed by atoms with E-state index in [0.717, 1.165) is 18.5 Å². The normalized spacial score (nSPS) is 29.2. The van der Waals surface area contributed by atoms with Gasteiger partial charge in [0, 0.05) is 35.7 Å². The number of nitrogens with two attached hydrogens (primary N) is 1. The molecule has 2 aromatic rings. The predicted molar refractivity (Wildman–Crippen MR) is 92.9 cm³/mol. The highest BCUT2D eigenvalue weighted by Crippen LogP contribution is 2.39. The van der Waals surface area contributed by atoms with Gasteiger partial charge in [0.15, 0.2) is 0 Å². The van der Waals surface area contributed by atoms with Crippen molar-refractivity contribution in [3.63, 3.8) is 0 Å². The number of aromatic nitrogens is 2. The second-order valence-electron chi connectivity index (χ2n) is 7.20. The molecule has 126 valence electrons. The first-order chi connectivity index (χ1) is 11.7.